The molecule has 114 valence electrons. The van der Waals surface area contributed by atoms with Gasteiger partial charge in [0.25, 0.3) is 5.91 Å². The fourth-order valence-corrected chi connectivity index (χ4v) is 4.11. The molecule has 21 heavy (non-hydrogen) atoms. The monoisotopic (exact) mass is 310 g/mol. The second-order valence-electron chi connectivity index (χ2n) is 5.56. The molecular weight excluding hydrogens is 291 g/mol. The number of rotatable bonds is 2. The number of aliphatic hydroxyl groups is 1. The Morgan fingerprint density at radius 2 is 1.95 bits per heavy atom. The molecule has 1 aromatic carbocycles. The Balaban J connectivity index is 1.63. The van der Waals surface area contributed by atoms with Crippen LogP contribution in [0.2, 0.25) is 0 Å². The molecule has 1 atom stereocenters. The average molecular weight is 310 g/mol. The second kappa shape index (κ2) is 5.85. The lowest BCUT2D eigenvalue weighted by atomic mass is 10.0. The van der Waals surface area contributed by atoms with Gasteiger partial charge >= 0.3 is 0 Å². The molecule has 2 fully saturated rings. The zero-order valence-corrected chi connectivity index (χ0v) is 12.6. The molecular formula is C15H19FN2O2S. The minimum atomic E-state index is -1.19. The third-order valence-corrected chi connectivity index (χ3v) is 5.33. The number of para-hydroxylation sites is 1. The molecule has 0 spiro atoms. The molecule has 0 bridgehead atoms. The Morgan fingerprint density at radius 1 is 1.24 bits per heavy atom. The van der Waals surface area contributed by atoms with Crippen LogP contribution in [0.1, 0.15) is 6.42 Å². The summed E-state index contributed by atoms with van der Waals surface area (Å²) < 4.78 is 13.8. The summed E-state index contributed by atoms with van der Waals surface area (Å²) in [6.45, 7) is 2.24. The van der Waals surface area contributed by atoms with E-state index < -0.39 is 5.60 Å². The SMILES string of the molecule is O=C(N1CCN(c2ccccc2F)CC1)C1(O)CCSC1. The van der Waals surface area contributed by atoms with Crippen LogP contribution in [0.5, 0.6) is 0 Å². The quantitative estimate of drug-likeness (QED) is 0.895. The first kappa shape index (κ1) is 14.7. The summed E-state index contributed by atoms with van der Waals surface area (Å²) in [7, 11) is 0. The van der Waals surface area contributed by atoms with Gasteiger partial charge in [-0.05, 0) is 24.3 Å². The number of carbonyl (C=O) groups excluding carboxylic acids is 1. The van der Waals surface area contributed by atoms with Crippen molar-refractivity contribution in [3.05, 3.63) is 30.1 Å². The topological polar surface area (TPSA) is 43.8 Å². The fourth-order valence-electron chi connectivity index (χ4n) is 2.88. The average Bonchev–Trinajstić information content (AvgIpc) is 2.95. The number of amides is 1. The molecule has 4 nitrogen and oxygen atoms in total. The summed E-state index contributed by atoms with van der Waals surface area (Å²) in [6, 6.07) is 6.69. The highest BCUT2D eigenvalue weighted by atomic mass is 32.2. The Labute approximate surface area is 127 Å². The van der Waals surface area contributed by atoms with Gasteiger partial charge in [0.15, 0.2) is 5.60 Å². The maximum absolute atomic E-state index is 13.8. The van der Waals surface area contributed by atoms with Gasteiger partial charge in [-0.2, -0.15) is 11.8 Å². The van der Waals surface area contributed by atoms with E-state index in [1.807, 2.05) is 11.0 Å². The molecule has 6 heteroatoms. The minimum Gasteiger partial charge on any atom is -0.379 e. The standard InChI is InChI=1S/C15H19FN2O2S/c16-12-3-1-2-4-13(12)17-6-8-18(9-7-17)14(19)15(20)5-10-21-11-15/h1-4,20H,5-11H2. The Hall–Kier alpha value is -1.27. The van der Waals surface area contributed by atoms with Gasteiger partial charge in [-0.15, -0.1) is 0 Å². The molecule has 0 aromatic heterocycles. The summed E-state index contributed by atoms with van der Waals surface area (Å²) >= 11 is 1.62. The highest BCUT2D eigenvalue weighted by Gasteiger charge is 2.42. The maximum atomic E-state index is 13.8. The first-order chi connectivity index (χ1) is 10.1. The van der Waals surface area contributed by atoms with Crippen LogP contribution in [0.15, 0.2) is 24.3 Å². The number of halogens is 1. The van der Waals surface area contributed by atoms with Gasteiger partial charge in [0.2, 0.25) is 0 Å². The van der Waals surface area contributed by atoms with Crippen molar-refractivity contribution in [3.63, 3.8) is 0 Å². The van der Waals surface area contributed by atoms with E-state index in [0.717, 1.165) is 5.75 Å². The predicted octanol–water partition coefficient (Wildman–Crippen LogP) is 1.34. The first-order valence-electron chi connectivity index (χ1n) is 7.19. The van der Waals surface area contributed by atoms with Crippen molar-refractivity contribution in [2.75, 3.05) is 42.6 Å². The van der Waals surface area contributed by atoms with E-state index >= 15 is 0 Å². The Bertz CT molecular complexity index is 526. The Morgan fingerprint density at radius 3 is 2.57 bits per heavy atom. The van der Waals surface area contributed by atoms with Crippen LogP contribution >= 0.6 is 11.8 Å². The molecule has 1 amide bonds. The fraction of sp³-hybridized carbons (Fsp3) is 0.533. The van der Waals surface area contributed by atoms with E-state index in [9.17, 15) is 14.3 Å². The lowest BCUT2D eigenvalue weighted by molar-refractivity contribution is -0.149. The van der Waals surface area contributed by atoms with E-state index in [-0.39, 0.29) is 11.7 Å². The normalized spacial score (nSPS) is 26.2. The number of hydrogen-bond donors (Lipinski definition) is 1. The highest BCUT2D eigenvalue weighted by Crippen LogP contribution is 2.30. The van der Waals surface area contributed by atoms with Crippen molar-refractivity contribution in [3.8, 4) is 0 Å². The van der Waals surface area contributed by atoms with Crippen LogP contribution in [-0.4, -0.2) is 59.2 Å². The first-order valence-corrected chi connectivity index (χ1v) is 8.35. The van der Waals surface area contributed by atoms with Crippen molar-refractivity contribution < 1.29 is 14.3 Å². The van der Waals surface area contributed by atoms with Gasteiger partial charge < -0.3 is 14.9 Å². The number of carbonyl (C=O) groups is 1. The zero-order valence-electron chi connectivity index (χ0n) is 11.8. The van der Waals surface area contributed by atoms with Gasteiger partial charge in [0, 0.05) is 31.9 Å². The van der Waals surface area contributed by atoms with Crippen LogP contribution in [0.4, 0.5) is 10.1 Å². The molecule has 3 rings (SSSR count). The van der Waals surface area contributed by atoms with E-state index in [4.69, 9.17) is 0 Å². The molecule has 0 radical (unpaired) electrons. The largest absolute Gasteiger partial charge is 0.379 e. The molecule has 0 aliphatic carbocycles. The third-order valence-electron chi connectivity index (χ3n) is 4.16. The second-order valence-corrected chi connectivity index (χ2v) is 6.67. The van der Waals surface area contributed by atoms with Crippen molar-refractivity contribution in [2.24, 2.45) is 0 Å². The zero-order chi connectivity index (χ0) is 14.9. The van der Waals surface area contributed by atoms with Crippen molar-refractivity contribution in [1.82, 2.24) is 4.90 Å². The highest BCUT2D eigenvalue weighted by molar-refractivity contribution is 7.99. The van der Waals surface area contributed by atoms with Crippen molar-refractivity contribution >= 4 is 23.4 Å². The number of hydrogen-bond acceptors (Lipinski definition) is 4. The lowest BCUT2D eigenvalue weighted by Crippen LogP contribution is -2.56. The summed E-state index contributed by atoms with van der Waals surface area (Å²) in [5.74, 6) is 0.917. The van der Waals surface area contributed by atoms with Crippen LogP contribution in [-0.2, 0) is 4.79 Å². The van der Waals surface area contributed by atoms with Crippen LogP contribution in [0, 0.1) is 5.82 Å². The molecule has 0 saturated carbocycles. The van der Waals surface area contributed by atoms with Crippen LogP contribution < -0.4 is 4.90 Å². The number of thioether (sulfide) groups is 1. The van der Waals surface area contributed by atoms with Crippen molar-refractivity contribution in [2.45, 2.75) is 12.0 Å². The third kappa shape index (κ3) is 2.87. The summed E-state index contributed by atoms with van der Waals surface area (Å²) in [5, 5.41) is 10.4. The molecule has 1 unspecified atom stereocenters. The molecule has 2 aliphatic heterocycles. The lowest BCUT2D eigenvalue weighted by Gasteiger charge is -2.38. The van der Waals surface area contributed by atoms with E-state index in [1.165, 1.54) is 6.07 Å². The Kier molecular flexibility index (Phi) is 4.08. The number of anilines is 1. The summed E-state index contributed by atoms with van der Waals surface area (Å²) in [6.07, 6.45) is 0.532. The number of piperazine rings is 1. The number of nitrogens with zero attached hydrogens (tertiary/aromatic N) is 2. The molecule has 2 saturated heterocycles. The van der Waals surface area contributed by atoms with Gasteiger partial charge in [-0.3, -0.25) is 4.79 Å². The molecule has 2 aliphatic rings. The number of benzene rings is 1. The van der Waals surface area contributed by atoms with E-state index in [2.05, 4.69) is 0 Å². The van der Waals surface area contributed by atoms with Crippen LogP contribution in [0.3, 0.4) is 0 Å². The molecule has 1 aromatic rings. The summed E-state index contributed by atoms with van der Waals surface area (Å²) in [5.41, 5.74) is -0.607. The maximum Gasteiger partial charge on any atom is 0.255 e. The summed E-state index contributed by atoms with van der Waals surface area (Å²) in [4.78, 5) is 16.1. The van der Waals surface area contributed by atoms with Gasteiger partial charge in [0.05, 0.1) is 5.69 Å². The minimum absolute atomic E-state index is 0.166. The van der Waals surface area contributed by atoms with E-state index in [1.54, 1.807) is 28.8 Å². The predicted molar refractivity (Wildman–Crippen MR) is 82.1 cm³/mol. The van der Waals surface area contributed by atoms with Gasteiger partial charge in [0.1, 0.15) is 5.82 Å². The van der Waals surface area contributed by atoms with Crippen LogP contribution in [0.25, 0.3) is 0 Å². The van der Waals surface area contributed by atoms with Gasteiger partial charge in [-0.25, -0.2) is 4.39 Å². The van der Waals surface area contributed by atoms with E-state index in [0.29, 0.717) is 44.0 Å². The van der Waals surface area contributed by atoms with Gasteiger partial charge in [-0.1, -0.05) is 12.1 Å². The molecule has 1 N–H and O–H groups in total. The molecule has 2 heterocycles. The smallest absolute Gasteiger partial charge is 0.255 e. The van der Waals surface area contributed by atoms with Crippen molar-refractivity contribution in [1.29, 1.82) is 0 Å².